The minimum atomic E-state index is -0.00440. The van der Waals surface area contributed by atoms with Crippen LogP contribution in [0.25, 0.3) is 0 Å². The molecule has 1 aliphatic heterocycles. The van der Waals surface area contributed by atoms with E-state index >= 15 is 0 Å². The second kappa shape index (κ2) is 4.57. The molecule has 0 aromatic heterocycles. The normalized spacial score (nSPS) is 25.5. The second-order valence-electron chi connectivity index (χ2n) is 3.63. The number of rotatable bonds is 2. The molecule has 3 heteroatoms. The standard InChI is InChI=1S/C10H16N2S/c1-3-9(7-11)12-6-4-5-8(2)10(12)13/h8-9H,3-6H2,1-2H3. The van der Waals surface area contributed by atoms with Crippen molar-refractivity contribution in [3.63, 3.8) is 0 Å². The van der Waals surface area contributed by atoms with Crippen molar-refractivity contribution in [1.29, 1.82) is 5.26 Å². The van der Waals surface area contributed by atoms with Crippen molar-refractivity contribution in [3.8, 4) is 6.07 Å². The molecule has 13 heavy (non-hydrogen) atoms. The molecular formula is C10H16N2S. The van der Waals surface area contributed by atoms with E-state index in [-0.39, 0.29) is 6.04 Å². The Hall–Kier alpha value is -0.620. The van der Waals surface area contributed by atoms with Crippen molar-refractivity contribution in [2.45, 2.75) is 39.2 Å². The molecular weight excluding hydrogens is 180 g/mol. The highest BCUT2D eigenvalue weighted by Crippen LogP contribution is 2.21. The average Bonchev–Trinajstić information content (AvgIpc) is 2.14. The maximum absolute atomic E-state index is 8.93. The Morgan fingerprint density at radius 2 is 2.46 bits per heavy atom. The molecule has 2 nitrogen and oxygen atoms in total. The van der Waals surface area contributed by atoms with Gasteiger partial charge >= 0.3 is 0 Å². The van der Waals surface area contributed by atoms with Crippen LogP contribution in [0.2, 0.25) is 0 Å². The molecule has 0 N–H and O–H groups in total. The van der Waals surface area contributed by atoms with Gasteiger partial charge in [-0.3, -0.25) is 0 Å². The molecule has 1 fully saturated rings. The number of nitrogens with zero attached hydrogens (tertiary/aromatic N) is 2. The smallest absolute Gasteiger partial charge is 0.117 e. The lowest BCUT2D eigenvalue weighted by atomic mass is 9.98. The summed E-state index contributed by atoms with van der Waals surface area (Å²) >= 11 is 5.33. The van der Waals surface area contributed by atoms with Gasteiger partial charge in [-0.1, -0.05) is 26.1 Å². The molecule has 0 radical (unpaired) electrons. The molecule has 0 saturated carbocycles. The van der Waals surface area contributed by atoms with Crippen LogP contribution in [0, 0.1) is 17.2 Å². The van der Waals surface area contributed by atoms with Crippen LogP contribution in [0.1, 0.15) is 33.1 Å². The summed E-state index contributed by atoms with van der Waals surface area (Å²) in [4.78, 5) is 3.09. The third-order valence-corrected chi connectivity index (χ3v) is 3.29. The van der Waals surface area contributed by atoms with Crippen LogP contribution in [-0.2, 0) is 0 Å². The monoisotopic (exact) mass is 196 g/mol. The zero-order valence-corrected chi connectivity index (χ0v) is 9.10. The Bertz CT molecular complexity index is 232. The number of thiocarbonyl (C=S) groups is 1. The van der Waals surface area contributed by atoms with Crippen molar-refractivity contribution in [2.24, 2.45) is 5.92 Å². The van der Waals surface area contributed by atoms with Gasteiger partial charge in [0.1, 0.15) is 6.04 Å². The zero-order valence-electron chi connectivity index (χ0n) is 8.29. The minimum Gasteiger partial charge on any atom is -0.350 e. The van der Waals surface area contributed by atoms with Gasteiger partial charge in [-0.2, -0.15) is 5.26 Å². The topological polar surface area (TPSA) is 27.0 Å². The quantitative estimate of drug-likeness (QED) is 0.634. The first-order valence-corrected chi connectivity index (χ1v) is 5.31. The fourth-order valence-corrected chi connectivity index (χ4v) is 2.11. The fraction of sp³-hybridized carbons (Fsp3) is 0.800. The zero-order chi connectivity index (χ0) is 9.84. The van der Waals surface area contributed by atoms with Crippen molar-refractivity contribution in [1.82, 2.24) is 4.90 Å². The summed E-state index contributed by atoms with van der Waals surface area (Å²) in [5, 5.41) is 8.93. The highest BCUT2D eigenvalue weighted by atomic mass is 32.1. The van der Waals surface area contributed by atoms with Crippen LogP contribution in [-0.4, -0.2) is 22.5 Å². The summed E-state index contributed by atoms with van der Waals surface area (Å²) in [5.74, 6) is 0.478. The summed E-state index contributed by atoms with van der Waals surface area (Å²) in [6, 6.07) is 2.31. The van der Waals surface area contributed by atoms with E-state index < -0.39 is 0 Å². The van der Waals surface area contributed by atoms with Crippen molar-refractivity contribution >= 4 is 17.2 Å². The van der Waals surface area contributed by atoms with E-state index in [1.54, 1.807) is 0 Å². The van der Waals surface area contributed by atoms with Crippen LogP contribution < -0.4 is 0 Å². The molecule has 1 heterocycles. The Balaban J connectivity index is 2.68. The molecule has 2 atom stereocenters. The summed E-state index contributed by atoms with van der Waals surface area (Å²) < 4.78 is 0. The first-order valence-electron chi connectivity index (χ1n) is 4.90. The van der Waals surface area contributed by atoms with Gasteiger partial charge in [0.15, 0.2) is 0 Å². The van der Waals surface area contributed by atoms with Gasteiger partial charge in [-0.05, 0) is 19.3 Å². The van der Waals surface area contributed by atoms with Crippen LogP contribution in [0.15, 0.2) is 0 Å². The lowest BCUT2D eigenvalue weighted by Crippen LogP contribution is -2.44. The maximum atomic E-state index is 8.93. The Kier molecular flexibility index (Phi) is 3.68. The molecule has 0 bridgehead atoms. The Morgan fingerprint density at radius 1 is 1.77 bits per heavy atom. The van der Waals surface area contributed by atoms with E-state index in [1.807, 2.05) is 6.92 Å². The second-order valence-corrected chi connectivity index (χ2v) is 4.05. The Morgan fingerprint density at radius 3 is 3.00 bits per heavy atom. The van der Waals surface area contributed by atoms with E-state index in [0.29, 0.717) is 5.92 Å². The SMILES string of the molecule is CCC(C#N)N1CCCC(C)C1=S. The molecule has 0 aliphatic carbocycles. The maximum Gasteiger partial charge on any atom is 0.117 e. The van der Waals surface area contributed by atoms with Crippen molar-refractivity contribution < 1.29 is 0 Å². The molecule has 0 aromatic carbocycles. The van der Waals surface area contributed by atoms with E-state index in [9.17, 15) is 0 Å². The third kappa shape index (κ3) is 2.19. The summed E-state index contributed by atoms with van der Waals surface area (Å²) in [6.07, 6.45) is 3.21. The molecule has 1 rings (SSSR count). The van der Waals surface area contributed by atoms with Crippen molar-refractivity contribution in [2.75, 3.05) is 6.54 Å². The van der Waals surface area contributed by atoms with Crippen LogP contribution in [0.4, 0.5) is 0 Å². The summed E-state index contributed by atoms with van der Waals surface area (Å²) in [5.41, 5.74) is 0. The van der Waals surface area contributed by atoms with Gasteiger partial charge in [-0.15, -0.1) is 0 Å². The van der Waals surface area contributed by atoms with E-state index in [1.165, 1.54) is 12.8 Å². The largest absolute Gasteiger partial charge is 0.350 e. The molecule has 2 unspecified atom stereocenters. The third-order valence-electron chi connectivity index (χ3n) is 2.65. The van der Waals surface area contributed by atoms with Gasteiger partial charge in [0.25, 0.3) is 0 Å². The fourth-order valence-electron chi connectivity index (χ4n) is 1.78. The highest BCUT2D eigenvalue weighted by Gasteiger charge is 2.26. The van der Waals surface area contributed by atoms with E-state index in [2.05, 4.69) is 17.9 Å². The Labute approximate surface area is 85.5 Å². The van der Waals surface area contributed by atoms with Gasteiger partial charge in [0.05, 0.1) is 11.1 Å². The first-order chi connectivity index (χ1) is 6.20. The lowest BCUT2D eigenvalue weighted by molar-refractivity contribution is 0.303. The predicted molar refractivity (Wildman–Crippen MR) is 57.4 cm³/mol. The summed E-state index contributed by atoms with van der Waals surface area (Å²) in [7, 11) is 0. The van der Waals surface area contributed by atoms with Gasteiger partial charge < -0.3 is 4.90 Å². The molecule has 0 spiro atoms. The molecule has 0 aromatic rings. The molecule has 1 aliphatic rings. The minimum absolute atomic E-state index is 0.00440. The van der Waals surface area contributed by atoms with Crippen LogP contribution in [0.3, 0.4) is 0 Å². The van der Waals surface area contributed by atoms with Crippen LogP contribution in [0.5, 0.6) is 0 Å². The number of hydrogen-bond donors (Lipinski definition) is 0. The summed E-state index contributed by atoms with van der Waals surface area (Å²) in [6.45, 7) is 5.16. The van der Waals surface area contributed by atoms with Gasteiger partial charge in [0, 0.05) is 12.5 Å². The lowest BCUT2D eigenvalue weighted by Gasteiger charge is -2.36. The number of nitriles is 1. The molecule has 72 valence electrons. The number of hydrogen-bond acceptors (Lipinski definition) is 2. The first kappa shape index (κ1) is 10.5. The van der Waals surface area contributed by atoms with Crippen LogP contribution >= 0.6 is 12.2 Å². The van der Waals surface area contributed by atoms with Gasteiger partial charge in [0.2, 0.25) is 0 Å². The average molecular weight is 196 g/mol. The highest BCUT2D eigenvalue weighted by molar-refractivity contribution is 7.80. The molecule has 1 saturated heterocycles. The number of likely N-dealkylation sites (tertiary alicyclic amines) is 1. The van der Waals surface area contributed by atoms with Crippen molar-refractivity contribution in [3.05, 3.63) is 0 Å². The molecule has 0 amide bonds. The number of piperidine rings is 1. The predicted octanol–water partition coefficient (Wildman–Crippen LogP) is 2.35. The van der Waals surface area contributed by atoms with Gasteiger partial charge in [-0.25, -0.2) is 0 Å². The van der Waals surface area contributed by atoms with E-state index in [4.69, 9.17) is 17.5 Å². The van der Waals surface area contributed by atoms with E-state index in [0.717, 1.165) is 18.0 Å².